The van der Waals surface area contributed by atoms with Gasteiger partial charge in [-0.2, -0.15) is 5.26 Å². The lowest BCUT2D eigenvalue weighted by atomic mass is 10.3. The topological polar surface area (TPSA) is 66.2 Å². The molecule has 1 fully saturated rings. The molecule has 6 heteroatoms. The Hall–Kier alpha value is -1.61. The third-order valence-corrected chi connectivity index (χ3v) is 3.14. The minimum Gasteiger partial charge on any atom is -0.487 e. The van der Waals surface area contributed by atoms with E-state index < -0.39 is 0 Å². The van der Waals surface area contributed by atoms with Crippen molar-refractivity contribution in [1.82, 2.24) is 9.88 Å². The van der Waals surface area contributed by atoms with Crippen LogP contribution in [0.15, 0.2) is 22.9 Å². The molecule has 0 bridgehead atoms. The highest BCUT2D eigenvalue weighted by Gasteiger charge is 2.27. The second kappa shape index (κ2) is 5.83. The number of pyridine rings is 1. The molecule has 0 aliphatic carbocycles. The molecule has 0 aromatic carbocycles. The fourth-order valence-electron chi connectivity index (χ4n) is 1.88. The van der Waals surface area contributed by atoms with E-state index >= 15 is 0 Å². The second-order valence-corrected chi connectivity index (χ2v) is 4.96. The van der Waals surface area contributed by atoms with Crippen LogP contribution in [0.4, 0.5) is 0 Å². The lowest BCUT2D eigenvalue weighted by molar-refractivity contribution is -0.129. The first-order chi connectivity index (χ1) is 8.69. The summed E-state index contributed by atoms with van der Waals surface area (Å²) in [7, 11) is 0. The maximum absolute atomic E-state index is 11.5. The van der Waals surface area contributed by atoms with Crippen LogP contribution < -0.4 is 4.74 Å². The van der Waals surface area contributed by atoms with Crippen LogP contribution in [0, 0.1) is 11.3 Å². The summed E-state index contributed by atoms with van der Waals surface area (Å²) in [4.78, 5) is 17.2. The summed E-state index contributed by atoms with van der Waals surface area (Å²) >= 11 is 3.32. The van der Waals surface area contributed by atoms with Gasteiger partial charge >= 0.3 is 0 Å². The van der Waals surface area contributed by atoms with Gasteiger partial charge in [0.15, 0.2) is 0 Å². The van der Waals surface area contributed by atoms with E-state index in [1.807, 2.05) is 12.1 Å². The van der Waals surface area contributed by atoms with Crippen molar-refractivity contribution < 1.29 is 9.53 Å². The summed E-state index contributed by atoms with van der Waals surface area (Å²) in [5.74, 6) is 0.555. The molecule has 0 saturated carbocycles. The highest BCUT2D eigenvalue weighted by atomic mass is 79.9. The zero-order valence-corrected chi connectivity index (χ0v) is 11.3. The first-order valence-electron chi connectivity index (χ1n) is 5.61. The third kappa shape index (κ3) is 3.20. The molecule has 0 radical (unpaired) electrons. The van der Waals surface area contributed by atoms with Crippen LogP contribution in [0.25, 0.3) is 0 Å². The largest absolute Gasteiger partial charge is 0.487 e. The predicted octanol–water partition coefficient (Wildman–Crippen LogP) is 1.74. The first kappa shape index (κ1) is 12.8. The number of hydrogen-bond donors (Lipinski definition) is 0. The summed E-state index contributed by atoms with van der Waals surface area (Å²) in [6.07, 6.45) is 4.02. The predicted molar refractivity (Wildman–Crippen MR) is 67.8 cm³/mol. The molecule has 0 spiro atoms. The summed E-state index contributed by atoms with van der Waals surface area (Å²) in [6, 6.07) is 3.71. The van der Waals surface area contributed by atoms with E-state index in [0.29, 0.717) is 18.8 Å². The second-order valence-electron chi connectivity index (χ2n) is 4.04. The van der Waals surface area contributed by atoms with Gasteiger partial charge in [-0.25, -0.2) is 0 Å². The summed E-state index contributed by atoms with van der Waals surface area (Å²) in [5.41, 5.74) is 0. The molecule has 1 atom stereocenters. The Bertz CT molecular complexity index is 486. The number of carbonyl (C=O) groups excluding carboxylic acids is 1. The quantitative estimate of drug-likeness (QED) is 0.853. The summed E-state index contributed by atoms with van der Waals surface area (Å²) in [5, 5.41) is 8.49. The molecule has 1 saturated heterocycles. The van der Waals surface area contributed by atoms with Crippen LogP contribution in [-0.2, 0) is 4.79 Å². The zero-order chi connectivity index (χ0) is 13.0. The van der Waals surface area contributed by atoms with Gasteiger partial charge in [0.05, 0.1) is 18.8 Å². The van der Waals surface area contributed by atoms with Crippen LogP contribution in [0.2, 0.25) is 0 Å². The van der Waals surface area contributed by atoms with Crippen LogP contribution >= 0.6 is 15.9 Å². The number of rotatable bonds is 3. The molecule has 1 unspecified atom stereocenters. The molecule has 2 heterocycles. The Morgan fingerprint density at radius 3 is 3.22 bits per heavy atom. The normalized spacial score (nSPS) is 18.4. The van der Waals surface area contributed by atoms with E-state index in [9.17, 15) is 4.79 Å². The monoisotopic (exact) mass is 309 g/mol. The van der Waals surface area contributed by atoms with Gasteiger partial charge in [0, 0.05) is 23.6 Å². The standard InChI is InChI=1S/C12H12BrN3O2/c13-9-5-11(7-15-6-9)18-10-2-4-16(8-10)12(17)1-3-14/h5-7,10H,1-2,4,8H2. The maximum atomic E-state index is 11.5. The number of aromatic nitrogens is 1. The van der Waals surface area contributed by atoms with Crippen molar-refractivity contribution in [2.24, 2.45) is 0 Å². The van der Waals surface area contributed by atoms with Crippen molar-refractivity contribution >= 4 is 21.8 Å². The smallest absolute Gasteiger partial charge is 0.236 e. The van der Waals surface area contributed by atoms with Crippen molar-refractivity contribution in [3.8, 4) is 11.8 Å². The van der Waals surface area contributed by atoms with Gasteiger partial charge in [-0.15, -0.1) is 0 Å². The van der Waals surface area contributed by atoms with Crippen LogP contribution in [0.3, 0.4) is 0 Å². The molecule has 18 heavy (non-hydrogen) atoms. The molecule has 1 aliphatic heterocycles. The zero-order valence-electron chi connectivity index (χ0n) is 9.67. The number of nitriles is 1. The Morgan fingerprint density at radius 1 is 1.67 bits per heavy atom. The van der Waals surface area contributed by atoms with Crippen LogP contribution in [-0.4, -0.2) is 35.0 Å². The van der Waals surface area contributed by atoms with Gasteiger partial charge in [0.1, 0.15) is 18.3 Å². The highest BCUT2D eigenvalue weighted by molar-refractivity contribution is 9.10. The number of nitrogens with zero attached hydrogens (tertiary/aromatic N) is 3. The molecule has 1 aromatic heterocycles. The highest BCUT2D eigenvalue weighted by Crippen LogP contribution is 2.21. The molecule has 5 nitrogen and oxygen atoms in total. The van der Waals surface area contributed by atoms with Crippen molar-refractivity contribution in [3.05, 3.63) is 22.9 Å². The van der Waals surface area contributed by atoms with Crippen molar-refractivity contribution in [3.63, 3.8) is 0 Å². The number of ether oxygens (including phenoxy) is 1. The number of halogens is 1. The van der Waals surface area contributed by atoms with Crippen LogP contribution in [0.1, 0.15) is 12.8 Å². The maximum Gasteiger partial charge on any atom is 0.236 e. The van der Waals surface area contributed by atoms with Crippen molar-refractivity contribution in [1.29, 1.82) is 5.26 Å². The molecule has 1 amide bonds. The lowest BCUT2D eigenvalue weighted by Crippen LogP contribution is -2.30. The van der Waals surface area contributed by atoms with Gasteiger partial charge in [-0.05, 0) is 22.0 Å². The number of carbonyl (C=O) groups is 1. The van der Waals surface area contributed by atoms with E-state index in [1.165, 1.54) is 0 Å². The third-order valence-electron chi connectivity index (χ3n) is 2.71. The van der Waals surface area contributed by atoms with Gasteiger partial charge in [-0.3, -0.25) is 9.78 Å². The van der Waals surface area contributed by atoms with E-state index in [0.717, 1.165) is 10.9 Å². The van der Waals surface area contributed by atoms with Crippen molar-refractivity contribution in [2.45, 2.75) is 18.9 Å². The minimum absolute atomic E-state index is 0.0243. The van der Waals surface area contributed by atoms with Gasteiger partial charge in [0.25, 0.3) is 0 Å². The molecule has 0 N–H and O–H groups in total. The van der Waals surface area contributed by atoms with E-state index in [-0.39, 0.29) is 18.4 Å². The van der Waals surface area contributed by atoms with Gasteiger partial charge < -0.3 is 9.64 Å². The first-order valence-corrected chi connectivity index (χ1v) is 6.40. The lowest BCUT2D eigenvalue weighted by Gasteiger charge is -2.16. The number of hydrogen-bond acceptors (Lipinski definition) is 4. The SMILES string of the molecule is N#CCC(=O)N1CCC(Oc2cncc(Br)c2)C1. The molecule has 1 aliphatic rings. The number of likely N-dealkylation sites (tertiary alicyclic amines) is 1. The molecule has 94 valence electrons. The van der Waals surface area contributed by atoms with Gasteiger partial charge in [-0.1, -0.05) is 0 Å². The molecule has 2 rings (SSSR count). The average Bonchev–Trinajstić information content (AvgIpc) is 2.78. The fraction of sp³-hybridized carbons (Fsp3) is 0.417. The Kier molecular flexibility index (Phi) is 4.15. The van der Waals surface area contributed by atoms with Crippen LogP contribution in [0.5, 0.6) is 5.75 Å². The Balaban J connectivity index is 1.90. The number of amides is 1. The van der Waals surface area contributed by atoms with Gasteiger partial charge in [0.2, 0.25) is 5.91 Å². The van der Waals surface area contributed by atoms with Crippen molar-refractivity contribution in [2.75, 3.05) is 13.1 Å². The Labute approximate surface area is 113 Å². The fourth-order valence-corrected chi connectivity index (χ4v) is 2.22. The minimum atomic E-state index is -0.129. The molecular weight excluding hydrogens is 298 g/mol. The van der Waals surface area contributed by atoms with E-state index in [1.54, 1.807) is 17.3 Å². The summed E-state index contributed by atoms with van der Waals surface area (Å²) < 4.78 is 6.60. The Morgan fingerprint density at radius 2 is 2.50 bits per heavy atom. The summed E-state index contributed by atoms with van der Waals surface area (Å²) in [6.45, 7) is 1.18. The molecule has 1 aromatic rings. The van der Waals surface area contributed by atoms with E-state index in [4.69, 9.17) is 10.00 Å². The molecular formula is C12H12BrN3O2. The average molecular weight is 310 g/mol. The van der Waals surface area contributed by atoms with E-state index in [2.05, 4.69) is 20.9 Å².